The Hall–Kier alpha value is -0.160. The Balaban J connectivity index is 2.08. The van der Waals surface area contributed by atoms with Gasteiger partial charge < -0.3 is 14.8 Å². The van der Waals surface area contributed by atoms with E-state index in [-0.39, 0.29) is 0 Å². The van der Waals surface area contributed by atoms with Gasteiger partial charge in [0.15, 0.2) is 0 Å². The van der Waals surface area contributed by atoms with Crippen molar-refractivity contribution in [3.05, 3.63) is 0 Å². The lowest BCUT2D eigenvalue weighted by Gasteiger charge is -2.33. The minimum absolute atomic E-state index is 0.316. The van der Waals surface area contributed by atoms with Crippen molar-refractivity contribution in [3.8, 4) is 0 Å². The first-order valence-corrected chi connectivity index (χ1v) is 8.49. The molecule has 1 heterocycles. The van der Waals surface area contributed by atoms with Gasteiger partial charge in [-0.2, -0.15) is 0 Å². The second kappa shape index (κ2) is 9.78. The molecule has 4 heteroatoms. The molecule has 0 unspecified atom stereocenters. The Morgan fingerprint density at radius 2 is 2.05 bits per heavy atom. The van der Waals surface area contributed by atoms with Crippen molar-refractivity contribution >= 4 is 0 Å². The highest BCUT2D eigenvalue weighted by molar-refractivity contribution is 4.75. The summed E-state index contributed by atoms with van der Waals surface area (Å²) in [7, 11) is 0. The molecule has 126 valence electrons. The van der Waals surface area contributed by atoms with Crippen LogP contribution in [0.5, 0.6) is 0 Å². The molecule has 1 rings (SSSR count). The van der Waals surface area contributed by atoms with Gasteiger partial charge in [0.25, 0.3) is 0 Å². The highest BCUT2D eigenvalue weighted by Crippen LogP contribution is 2.11. The number of hydrogen-bond donors (Lipinski definition) is 1. The first-order valence-electron chi connectivity index (χ1n) is 8.49. The average molecular weight is 300 g/mol. The van der Waals surface area contributed by atoms with E-state index < -0.39 is 0 Å². The molecule has 0 aromatic rings. The van der Waals surface area contributed by atoms with Crippen LogP contribution in [0, 0.1) is 11.3 Å². The van der Waals surface area contributed by atoms with Crippen molar-refractivity contribution in [3.63, 3.8) is 0 Å². The molecule has 0 amide bonds. The summed E-state index contributed by atoms with van der Waals surface area (Å²) < 4.78 is 11.5. The molecule has 1 N–H and O–H groups in total. The van der Waals surface area contributed by atoms with Gasteiger partial charge in [0.1, 0.15) is 0 Å². The fourth-order valence-corrected chi connectivity index (χ4v) is 2.33. The second-order valence-electron chi connectivity index (χ2n) is 7.78. The van der Waals surface area contributed by atoms with Crippen LogP contribution in [-0.4, -0.2) is 63.5 Å². The summed E-state index contributed by atoms with van der Waals surface area (Å²) in [5.41, 5.74) is 0.332. The standard InChI is InChI=1S/C17H36N2O2/c1-15(2)6-9-20-10-7-19-8-11-21-16(13-19)12-18-14-17(3,4)5/h15-16,18H,6-14H2,1-5H3/t16-/m1/s1. The van der Waals surface area contributed by atoms with E-state index in [0.717, 1.165) is 64.9 Å². The maximum atomic E-state index is 5.84. The third kappa shape index (κ3) is 10.2. The molecule has 1 fully saturated rings. The number of rotatable bonds is 9. The van der Waals surface area contributed by atoms with Crippen molar-refractivity contribution in [1.82, 2.24) is 10.2 Å². The fraction of sp³-hybridized carbons (Fsp3) is 1.00. The summed E-state index contributed by atoms with van der Waals surface area (Å²) >= 11 is 0. The highest BCUT2D eigenvalue weighted by Gasteiger charge is 2.20. The first-order chi connectivity index (χ1) is 9.87. The van der Waals surface area contributed by atoms with Crippen molar-refractivity contribution in [2.45, 2.75) is 47.1 Å². The lowest BCUT2D eigenvalue weighted by molar-refractivity contribution is -0.0356. The maximum absolute atomic E-state index is 5.84. The van der Waals surface area contributed by atoms with Crippen LogP contribution in [0.4, 0.5) is 0 Å². The Kier molecular flexibility index (Phi) is 8.79. The predicted molar refractivity (Wildman–Crippen MR) is 88.8 cm³/mol. The maximum Gasteiger partial charge on any atom is 0.0826 e. The lowest BCUT2D eigenvalue weighted by Crippen LogP contribution is -2.48. The number of nitrogens with zero attached hydrogens (tertiary/aromatic N) is 1. The average Bonchev–Trinajstić information content (AvgIpc) is 2.37. The lowest BCUT2D eigenvalue weighted by atomic mass is 9.97. The van der Waals surface area contributed by atoms with Crippen LogP contribution in [0.1, 0.15) is 41.0 Å². The van der Waals surface area contributed by atoms with Gasteiger partial charge in [-0.3, -0.25) is 4.90 Å². The molecule has 0 spiro atoms. The van der Waals surface area contributed by atoms with E-state index >= 15 is 0 Å². The number of ether oxygens (including phenoxy) is 2. The summed E-state index contributed by atoms with van der Waals surface area (Å²) in [6.45, 7) is 18.9. The molecule has 0 radical (unpaired) electrons. The van der Waals surface area contributed by atoms with Gasteiger partial charge in [0, 0.05) is 39.3 Å². The van der Waals surface area contributed by atoms with Crippen LogP contribution >= 0.6 is 0 Å². The molecule has 21 heavy (non-hydrogen) atoms. The molecule has 0 aliphatic carbocycles. The van der Waals surface area contributed by atoms with Crippen LogP contribution < -0.4 is 5.32 Å². The van der Waals surface area contributed by atoms with E-state index in [1.54, 1.807) is 0 Å². The predicted octanol–water partition coefficient (Wildman–Crippen LogP) is 2.39. The molecule has 1 aliphatic rings. The van der Waals surface area contributed by atoms with Gasteiger partial charge in [0.05, 0.1) is 19.3 Å². The summed E-state index contributed by atoms with van der Waals surface area (Å²) in [6.07, 6.45) is 1.47. The molecule has 1 atom stereocenters. The molecular formula is C17H36N2O2. The summed E-state index contributed by atoms with van der Waals surface area (Å²) in [5, 5.41) is 3.52. The van der Waals surface area contributed by atoms with Gasteiger partial charge in [-0.15, -0.1) is 0 Å². The number of morpholine rings is 1. The van der Waals surface area contributed by atoms with E-state index in [4.69, 9.17) is 9.47 Å². The molecule has 1 aliphatic heterocycles. The molecule has 0 aromatic heterocycles. The minimum Gasteiger partial charge on any atom is -0.380 e. The number of hydrogen-bond acceptors (Lipinski definition) is 4. The first kappa shape index (κ1) is 18.9. The molecule has 0 aromatic carbocycles. The zero-order chi connectivity index (χ0) is 15.7. The van der Waals surface area contributed by atoms with Crippen molar-refractivity contribution in [2.75, 3.05) is 52.5 Å². The molecule has 1 saturated heterocycles. The van der Waals surface area contributed by atoms with Crippen molar-refractivity contribution in [2.24, 2.45) is 11.3 Å². The van der Waals surface area contributed by atoms with E-state index in [1.165, 1.54) is 0 Å². The van der Waals surface area contributed by atoms with E-state index in [2.05, 4.69) is 44.8 Å². The Morgan fingerprint density at radius 1 is 1.29 bits per heavy atom. The van der Waals surface area contributed by atoms with Crippen LogP contribution in [0.25, 0.3) is 0 Å². The Bertz CT molecular complexity index is 264. The van der Waals surface area contributed by atoms with Gasteiger partial charge in [-0.05, 0) is 17.8 Å². The Labute approximate surface area is 131 Å². The van der Waals surface area contributed by atoms with Crippen LogP contribution in [0.3, 0.4) is 0 Å². The summed E-state index contributed by atoms with van der Waals surface area (Å²) in [6, 6.07) is 0. The fourth-order valence-electron chi connectivity index (χ4n) is 2.33. The van der Waals surface area contributed by atoms with Gasteiger partial charge in [-0.1, -0.05) is 34.6 Å². The van der Waals surface area contributed by atoms with E-state index in [1.807, 2.05) is 0 Å². The number of nitrogens with one attached hydrogen (secondary N) is 1. The zero-order valence-corrected chi connectivity index (χ0v) is 14.8. The molecular weight excluding hydrogens is 264 g/mol. The van der Waals surface area contributed by atoms with Crippen molar-refractivity contribution in [1.29, 1.82) is 0 Å². The van der Waals surface area contributed by atoms with E-state index in [0.29, 0.717) is 11.5 Å². The van der Waals surface area contributed by atoms with Crippen LogP contribution in [0.2, 0.25) is 0 Å². The second-order valence-corrected chi connectivity index (χ2v) is 7.78. The third-order valence-corrected chi connectivity index (χ3v) is 3.64. The molecule has 0 saturated carbocycles. The molecule has 0 bridgehead atoms. The monoisotopic (exact) mass is 300 g/mol. The quantitative estimate of drug-likeness (QED) is 0.663. The van der Waals surface area contributed by atoms with Gasteiger partial charge >= 0.3 is 0 Å². The van der Waals surface area contributed by atoms with Gasteiger partial charge in [-0.25, -0.2) is 0 Å². The highest BCUT2D eigenvalue weighted by atomic mass is 16.5. The Morgan fingerprint density at radius 3 is 2.71 bits per heavy atom. The van der Waals surface area contributed by atoms with Crippen LogP contribution in [0.15, 0.2) is 0 Å². The summed E-state index contributed by atoms with van der Waals surface area (Å²) in [4.78, 5) is 2.46. The third-order valence-electron chi connectivity index (χ3n) is 3.64. The van der Waals surface area contributed by atoms with E-state index in [9.17, 15) is 0 Å². The largest absolute Gasteiger partial charge is 0.380 e. The smallest absolute Gasteiger partial charge is 0.0826 e. The SMILES string of the molecule is CC(C)CCOCCN1CCO[C@H](CNCC(C)(C)C)C1. The van der Waals surface area contributed by atoms with Crippen molar-refractivity contribution < 1.29 is 9.47 Å². The van der Waals surface area contributed by atoms with Crippen LogP contribution in [-0.2, 0) is 9.47 Å². The molecule has 4 nitrogen and oxygen atoms in total. The topological polar surface area (TPSA) is 33.7 Å². The summed E-state index contributed by atoms with van der Waals surface area (Å²) in [5.74, 6) is 0.728. The zero-order valence-electron chi connectivity index (χ0n) is 14.8. The normalized spacial score (nSPS) is 21.1. The van der Waals surface area contributed by atoms with Gasteiger partial charge in [0.2, 0.25) is 0 Å². The minimum atomic E-state index is 0.316.